The lowest BCUT2D eigenvalue weighted by molar-refractivity contribution is -0.141. The van der Waals surface area contributed by atoms with Crippen molar-refractivity contribution >= 4 is 40.4 Å². The Hall–Kier alpha value is -3.86. The number of carbonyl (C=O) groups excluding carboxylic acids is 4. The van der Waals surface area contributed by atoms with E-state index in [1.54, 1.807) is 0 Å². The van der Waals surface area contributed by atoms with Crippen molar-refractivity contribution in [2.45, 2.75) is 135 Å². The lowest BCUT2D eigenvalue weighted by atomic mass is 9.97. The number of aldehydes is 1. The highest BCUT2D eigenvalue weighted by Crippen LogP contribution is 2.45. The molecule has 2 N–H and O–H groups in total. The van der Waals surface area contributed by atoms with E-state index in [1.807, 2.05) is 24.3 Å². The summed E-state index contributed by atoms with van der Waals surface area (Å²) >= 11 is 0. The van der Waals surface area contributed by atoms with Crippen LogP contribution in [0.2, 0.25) is 0 Å². The fraction of sp³-hybridized carbons (Fsp3) is 0.590. The summed E-state index contributed by atoms with van der Waals surface area (Å²) in [5.74, 6) is -0.0994. The summed E-state index contributed by atoms with van der Waals surface area (Å²) < 4.78 is 30.7. The number of unbranched alkanes of at least 4 members (excludes halogenated alkanes) is 15. The SMILES string of the molecule is CC(=O)OCC1c2ccccc2-c2ccc(NC(=O)CCCCCCCCCCCCCCCC(=O)NCCCCCC=O)cc21.O=S(=O)=O. The summed E-state index contributed by atoms with van der Waals surface area (Å²) in [5, 5.41) is 6.06. The zero-order chi connectivity index (χ0) is 36.4. The van der Waals surface area contributed by atoms with Crippen molar-refractivity contribution in [2.24, 2.45) is 0 Å². The molecular weight excluding hydrogens is 657 g/mol. The van der Waals surface area contributed by atoms with Gasteiger partial charge in [0.25, 0.3) is 0 Å². The van der Waals surface area contributed by atoms with Gasteiger partial charge in [0.2, 0.25) is 11.8 Å². The zero-order valence-corrected chi connectivity index (χ0v) is 30.5. The third kappa shape index (κ3) is 18.2. The van der Waals surface area contributed by atoms with Gasteiger partial charge in [0.1, 0.15) is 12.9 Å². The van der Waals surface area contributed by atoms with E-state index in [2.05, 4.69) is 28.8 Å². The molecule has 2 amide bonds. The van der Waals surface area contributed by atoms with Crippen LogP contribution in [-0.4, -0.2) is 49.8 Å². The number of hydrogen-bond donors (Lipinski definition) is 2. The van der Waals surface area contributed by atoms with Gasteiger partial charge >= 0.3 is 16.6 Å². The highest BCUT2D eigenvalue weighted by molar-refractivity contribution is 7.59. The Morgan fingerprint density at radius 3 is 1.78 bits per heavy atom. The molecule has 0 radical (unpaired) electrons. The van der Waals surface area contributed by atoms with E-state index in [0.29, 0.717) is 25.9 Å². The Morgan fingerprint density at radius 2 is 1.20 bits per heavy atom. The van der Waals surface area contributed by atoms with Gasteiger partial charge in [-0.25, -0.2) is 0 Å². The summed E-state index contributed by atoms with van der Waals surface area (Å²) in [7, 11) is -3.11. The number of anilines is 1. The molecule has 0 aromatic heterocycles. The Kier molecular flexibility index (Phi) is 22.0. The van der Waals surface area contributed by atoms with Crippen molar-refractivity contribution in [3.63, 3.8) is 0 Å². The van der Waals surface area contributed by atoms with Gasteiger partial charge in [-0.15, -0.1) is 12.6 Å². The predicted octanol–water partition coefficient (Wildman–Crippen LogP) is 8.02. The lowest BCUT2D eigenvalue weighted by Gasteiger charge is -2.14. The molecule has 276 valence electrons. The maximum absolute atomic E-state index is 12.6. The Bertz CT molecular complexity index is 1440. The fourth-order valence-electron chi connectivity index (χ4n) is 6.35. The zero-order valence-electron chi connectivity index (χ0n) is 29.7. The number of nitrogens with one attached hydrogen (secondary N) is 2. The Labute approximate surface area is 299 Å². The first-order chi connectivity index (χ1) is 24.2. The molecule has 10 nitrogen and oxygen atoms in total. The van der Waals surface area contributed by atoms with Crippen molar-refractivity contribution < 1.29 is 36.5 Å². The van der Waals surface area contributed by atoms with Crippen LogP contribution < -0.4 is 10.6 Å². The summed E-state index contributed by atoms with van der Waals surface area (Å²) in [4.78, 5) is 46.3. The molecule has 3 rings (SSSR count). The highest BCUT2D eigenvalue weighted by atomic mass is 32.2. The number of rotatable bonds is 25. The third-order valence-corrected chi connectivity index (χ3v) is 8.92. The summed E-state index contributed by atoms with van der Waals surface area (Å²) in [6.07, 6.45) is 21.0. The van der Waals surface area contributed by atoms with Crippen LogP contribution in [0, 0.1) is 0 Å². The van der Waals surface area contributed by atoms with Crippen LogP contribution in [0.3, 0.4) is 0 Å². The molecule has 1 unspecified atom stereocenters. The van der Waals surface area contributed by atoms with Crippen LogP contribution in [-0.2, 0) is 34.5 Å². The van der Waals surface area contributed by atoms with Gasteiger partial charge in [-0.3, -0.25) is 14.4 Å². The van der Waals surface area contributed by atoms with Gasteiger partial charge in [-0.2, -0.15) is 0 Å². The maximum Gasteiger partial charge on any atom is 0.425 e. The predicted molar refractivity (Wildman–Crippen MR) is 195 cm³/mol. The lowest BCUT2D eigenvalue weighted by Crippen LogP contribution is -2.23. The minimum atomic E-state index is -3.11. The second-order valence-corrected chi connectivity index (χ2v) is 13.4. The van der Waals surface area contributed by atoms with E-state index in [9.17, 15) is 19.2 Å². The molecule has 0 saturated heterocycles. The van der Waals surface area contributed by atoms with Crippen molar-refractivity contribution in [3.05, 3.63) is 53.6 Å². The largest absolute Gasteiger partial charge is 0.465 e. The molecule has 1 atom stereocenters. The third-order valence-electron chi connectivity index (χ3n) is 8.92. The first-order valence-corrected chi connectivity index (χ1v) is 19.4. The van der Waals surface area contributed by atoms with Crippen molar-refractivity contribution in [1.82, 2.24) is 5.32 Å². The minimum absolute atomic E-state index is 0.0226. The smallest absolute Gasteiger partial charge is 0.425 e. The highest BCUT2D eigenvalue weighted by Gasteiger charge is 2.29. The van der Waals surface area contributed by atoms with Gasteiger partial charge < -0.3 is 20.2 Å². The normalized spacial score (nSPS) is 12.5. The van der Waals surface area contributed by atoms with E-state index in [-0.39, 0.29) is 23.7 Å². The topological polar surface area (TPSA) is 153 Å². The Balaban J connectivity index is 0.00000205. The van der Waals surface area contributed by atoms with Gasteiger partial charge in [0.05, 0.1) is 0 Å². The molecule has 0 saturated carbocycles. The number of ether oxygens (including phenoxy) is 1. The molecule has 0 bridgehead atoms. The number of carbonyl (C=O) groups is 4. The second kappa shape index (κ2) is 26.0. The standard InChI is InChI=1S/C39H56N2O5.O3S/c1-31(43)46-30-37-34-22-18-17-21-33(34)35-26-25-32(29-36(35)37)41-39(45)24-16-12-10-8-6-4-2-3-5-7-9-11-15-23-38(44)40-27-19-13-14-20-28-42;1-4(2)3/h17-18,21-22,25-26,28-29,37H,2-16,19-20,23-24,27,30H2,1H3,(H,40,44)(H,41,45);. The van der Waals surface area contributed by atoms with E-state index in [1.165, 1.54) is 64.7 Å². The molecular formula is C39H56N2O8S. The number of fused-ring (bicyclic) bond motifs is 3. The maximum atomic E-state index is 12.6. The summed E-state index contributed by atoms with van der Waals surface area (Å²) in [5.41, 5.74) is 5.34. The molecule has 0 fully saturated rings. The van der Waals surface area contributed by atoms with E-state index in [4.69, 9.17) is 17.4 Å². The van der Waals surface area contributed by atoms with Crippen LogP contribution in [0.5, 0.6) is 0 Å². The van der Waals surface area contributed by atoms with Crippen molar-refractivity contribution in [2.75, 3.05) is 18.5 Å². The van der Waals surface area contributed by atoms with Gasteiger partial charge in [-0.1, -0.05) is 107 Å². The molecule has 0 aliphatic heterocycles. The molecule has 11 heteroatoms. The molecule has 0 spiro atoms. The van der Waals surface area contributed by atoms with Crippen molar-refractivity contribution in [3.8, 4) is 11.1 Å². The van der Waals surface area contributed by atoms with E-state index >= 15 is 0 Å². The average molecular weight is 713 g/mol. The Morgan fingerprint density at radius 1 is 0.680 bits per heavy atom. The molecule has 50 heavy (non-hydrogen) atoms. The van der Waals surface area contributed by atoms with Crippen LogP contribution in [0.15, 0.2) is 42.5 Å². The molecule has 1 aliphatic rings. The minimum Gasteiger partial charge on any atom is -0.465 e. The van der Waals surface area contributed by atoms with Crippen LogP contribution in [0.1, 0.15) is 146 Å². The van der Waals surface area contributed by atoms with Crippen LogP contribution >= 0.6 is 0 Å². The first kappa shape index (κ1) is 42.3. The number of benzene rings is 2. The summed E-state index contributed by atoms with van der Waals surface area (Å²) in [6, 6.07) is 14.3. The summed E-state index contributed by atoms with van der Waals surface area (Å²) in [6.45, 7) is 2.46. The van der Waals surface area contributed by atoms with E-state index in [0.717, 1.165) is 85.7 Å². The van der Waals surface area contributed by atoms with Gasteiger partial charge in [0.15, 0.2) is 0 Å². The quantitative estimate of drug-likeness (QED) is 0.0596. The fourth-order valence-corrected chi connectivity index (χ4v) is 6.35. The first-order valence-electron chi connectivity index (χ1n) is 18.4. The number of hydrogen-bond acceptors (Lipinski definition) is 8. The second-order valence-electron chi connectivity index (χ2n) is 13.0. The molecule has 2 aromatic carbocycles. The van der Waals surface area contributed by atoms with Gasteiger partial charge in [0, 0.05) is 44.3 Å². The molecule has 2 aromatic rings. The van der Waals surface area contributed by atoms with Crippen LogP contribution in [0.4, 0.5) is 5.69 Å². The molecule has 0 heterocycles. The van der Waals surface area contributed by atoms with Gasteiger partial charge in [-0.05, 0) is 60.1 Å². The number of amides is 2. The molecule has 1 aliphatic carbocycles. The van der Waals surface area contributed by atoms with Crippen LogP contribution in [0.25, 0.3) is 11.1 Å². The average Bonchev–Trinajstić information content (AvgIpc) is 3.39. The number of esters is 1. The van der Waals surface area contributed by atoms with E-state index < -0.39 is 10.6 Å². The monoisotopic (exact) mass is 712 g/mol. The van der Waals surface area contributed by atoms with Crippen molar-refractivity contribution in [1.29, 1.82) is 0 Å².